The molecule has 3 N–H and O–H groups in total. The molecule has 1 spiro atoms. The number of ether oxygens (including phenoxy) is 1. The monoisotopic (exact) mass is 289 g/mol. The summed E-state index contributed by atoms with van der Waals surface area (Å²) in [5, 5.41) is 2.93. The molecular weight excluding hydrogens is 266 g/mol. The molecule has 1 aromatic carbocycles. The molecule has 2 aliphatic rings. The molecule has 0 atom stereocenters. The molecule has 0 bridgehead atoms. The quantitative estimate of drug-likeness (QED) is 0.814. The molecule has 21 heavy (non-hydrogen) atoms. The zero-order valence-corrected chi connectivity index (χ0v) is 12.5. The zero-order chi connectivity index (χ0) is 14.9. The van der Waals surface area contributed by atoms with Crippen molar-refractivity contribution in [2.24, 2.45) is 5.41 Å². The molecule has 0 saturated carbocycles. The van der Waals surface area contributed by atoms with Crippen molar-refractivity contribution in [3.63, 3.8) is 0 Å². The standard InChI is InChI=1S/C16H23N3O2/c1-21-14-10-12(2-3-13(14)17)19-8-5-16(6-9-19)4-7-18-15(20)11-16/h2-3,10H,4-9,11,17H2,1H3,(H,18,20). The van der Waals surface area contributed by atoms with Gasteiger partial charge in [-0.1, -0.05) is 0 Å². The fraction of sp³-hybridized carbons (Fsp3) is 0.562. The molecule has 114 valence electrons. The van der Waals surface area contributed by atoms with Gasteiger partial charge in [0, 0.05) is 37.8 Å². The second kappa shape index (κ2) is 5.47. The molecule has 0 radical (unpaired) electrons. The third kappa shape index (κ3) is 2.77. The fourth-order valence-corrected chi connectivity index (χ4v) is 3.52. The van der Waals surface area contributed by atoms with E-state index in [1.165, 1.54) is 0 Å². The summed E-state index contributed by atoms with van der Waals surface area (Å²) in [6.45, 7) is 2.80. The van der Waals surface area contributed by atoms with Crippen molar-refractivity contribution in [3.8, 4) is 5.75 Å². The number of piperidine rings is 2. The van der Waals surface area contributed by atoms with Crippen LogP contribution in [-0.4, -0.2) is 32.7 Å². The number of rotatable bonds is 2. The van der Waals surface area contributed by atoms with Crippen molar-refractivity contribution in [3.05, 3.63) is 18.2 Å². The van der Waals surface area contributed by atoms with Crippen LogP contribution in [0.4, 0.5) is 11.4 Å². The van der Waals surface area contributed by atoms with E-state index in [1.807, 2.05) is 18.2 Å². The van der Waals surface area contributed by atoms with Crippen molar-refractivity contribution in [2.45, 2.75) is 25.7 Å². The number of carbonyl (C=O) groups excluding carboxylic acids is 1. The normalized spacial score (nSPS) is 21.2. The number of methoxy groups -OCH3 is 1. The average molecular weight is 289 g/mol. The molecule has 0 aliphatic carbocycles. The maximum Gasteiger partial charge on any atom is 0.220 e. The summed E-state index contributed by atoms with van der Waals surface area (Å²) in [5.74, 6) is 0.939. The number of hydrogen-bond donors (Lipinski definition) is 2. The highest BCUT2D eigenvalue weighted by Gasteiger charge is 2.38. The molecular formula is C16H23N3O2. The van der Waals surface area contributed by atoms with Crippen LogP contribution in [0.1, 0.15) is 25.7 Å². The highest BCUT2D eigenvalue weighted by Crippen LogP contribution is 2.41. The lowest BCUT2D eigenvalue weighted by Crippen LogP contribution is -2.47. The van der Waals surface area contributed by atoms with Gasteiger partial charge in [0.15, 0.2) is 0 Å². The van der Waals surface area contributed by atoms with Crippen molar-refractivity contribution >= 4 is 17.3 Å². The molecule has 2 saturated heterocycles. The van der Waals surface area contributed by atoms with Crippen LogP contribution in [0, 0.1) is 5.41 Å². The van der Waals surface area contributed by atoms with E-state index in [2.05, 4.69) is 10.2 Å². The van der Waals surface area contributed by atoms with Crippen molar-refractivity contribution in [1.82, 2.24) is 5.32 Å². The maximum atomic E-state index is 11.7. The number of carbonyl (C=O) groups is 1. The summed E-state index contributed by atoms with van der Waals surface area (Å²) in [5.41, 5.74) is 7.90. The summed E-state index contributed by atoms with van der Waals surface area (Å²) in [6.07, 6.45) is 3.95. The van der Waals surface area contributed by atoms with Gasteiger partial charge >= 0.3 is 0 Å². The van der Waals surface area contributed by atoms with E-state index in [0.29, 0.717) is 12.1 Å². The summed E-state index contributed by atoms with van der Waals surface area (Å²) < 4.78 is 5.30. The van der Waals surface area contributed by atoms with Gasteiger partial charge in [0.1, 0.15) is 5.75 Å². The Morgan fingerprint density at radius 3 is 2.71 bits per heavy atom. The molecule has 1 aromatic rings. The van der Waals surface area contributed by atoms with Crippen molar-refractivity contribution < 1.29 is 9.53 Å². The highest BCUT2D eigenvalue weighted by atomic mass is 16.5. The number of hydrogen-bond acceptors (Lipinski definition) is 4. The zero-order valence-electron chi connectivity index (χ0n) is 12.5. The first kappa shape index (κ1) is 14.0. The second-order valence-electron chi connectivity index (χ2n) is 6.19. The average Bonchev–Trinajstić information content (AvgIpc) is 2.49. The summed E-state index contributed by atoms with van der Waals surface area (Å²) in [7, 11) is 1.64. The van der Waals surface area contributed by atoms with E-state index in [1.54, 1.807) is 7.11 Å². The van der Waals surface area contributed by atoms with E-state index >= 15 is 0 Å². The number of nitrogens with zero attached hydrogens (tertiary/aromatic N) is 1. The molecule has 3 rings (SSSR count). The van der Waals surface area contributed by atoms with Gasteiger partial charge in [-0.2, -0.15) is 0 Å². The number of amides is 1. The molecule has 2 aliphatic heterocycles. The Kier molecular flexibility index (Phi) is 3.66. The van der Waals surface area contributed by atoms with Crippen LogP contribution < -0.4 is 20.7 Å². The Morgan fingerprint density at radius 1 is 1.29 bits per heavy atom. The van der Waals surface area contributed by atoms with Gasteiger partial charge in [0.2, 0.25) is 5.91 Å². The van der Waals surface area contributed by atoms with Gasteiger partial charge < -0.3 is 20.7 Å². The Morgan fingerprint density at radius 2 is 2.05 bits per heavy atom. The van der Waals surface area contributed by atoms with Gasteiger partial charge in [-0.05, 0) is 36.8 Å². The van der Waals surface area contributed by atoms with Gasteiger partial charge in [-0.25, -0.2) is 0 Å². The van der Waals surface area contributed by atoms with E-state index in [0.717, 1.165) is 50.3 Å². The molecule has 5 heteroatoms. The lowest BCUT2D eigenvalue weighted by atomic mass is 9.71. The molecule has 2 heterocycles. The maximum absolute atomic E-state index is 11.7. The summed E-state index contributed by atoms with van der Waals surface area (Å²) in [6, 6.07) is 5.94. The lowest BCUT2D eigenvalue weighted by Gasteiger charge is -2.44. The Bertz CT molecular complexity index is 536. The third-order valence-corrected chi connectivity index (χ3v) is 4.92. The fourth-order valence-electron chi connectivity index (χ4n) is 3.52. The molecule has 5 nitrogen and oxygen atoms in total. The largest absolute Gasteiger partial charge is 0.495 e. The highest BCUT2D eigenvalue weighted by molar-refractivity contribution is 5.77. The second-order valence-corrected chi connectivity index (χ2v) is 6.19. The summed E-state index contributed by atoms with van der Waals surface area (Å²) in [4.78, 5) is 14.0. The van der Waals surface area contributed by atoms with Crippen LogP contribution in [0.2, 0.25) is 0 Å². The molecule has 1 amide bonds. The van der Waals surface area contributed by atoms with E-state index in [9.17, 15) is 4.79 Å². The van der Waals surface area contributed by atoms with Crippen LogP contribution >= 0.6 is 0 Å². The number of nitrogens with one attached hydrogen (secondary N) is 1. The molecule has 2 fully saturated rings. The van der Waals surface area contributed by atoms with Crippen molar-refractivity contribution in [1.29, 1.82) is 0 Å². The smallest absolute Gasteiger partial charge is 0.220 e. The Labute approximate surface area is 125 Å². The Hall–Kier alpha value is -1.91. The lowest BCUT2D eigenvalue weighted by molar-refractivity contribution is -0.126. The number of benzene rings is 1. The van der Waals surface area contributed by atoms with Gasteiger partial charge in [-0.15, -0.1) is 0 Å². The van der Waals surface area contributed by atoms with Crippen LogP contribution in [0.5, 0.6) is 5.75 Å². The predicted octanol–water partition coefficient (Wildman–Crippen LogP) is 1.77. The van der Waals surface area contributed by atoms with E-state index < -0.39 is 0 Å². The number of nitrogens with two attached hydrogens (primary N) is 1. The van der Waals surface area contributed by atoms with Crippen LogP contribution in [0.3, 0.4) is 0 Å². The minimum absolute atomic E-state index is 0.212. The first-order chi connectivity index (χ1) is 10.1. The molecule has 0 unspecified atom stereocenters. The van der Waals surface area contributed by atoms with Crippen LogP contribution in [0.25, 0.3) is 0 Å². The van der Waals surface area contributed by atoms with Crippen LogP contribution in [0.15, 0.2) is 18.2 Å². The van der Waals surface area contributed by atoms with Gasteiger partial charge in [-0.3, -0.25) is 4.79 Å². The topological polar surface area (TPSA) is 67.6 Å². The van der Waals surface area contributed by atoms with Gasteiger partial charge in [0.25, 0.3) is 0 Å². The SMILES string of the molecule is COc1cc(N2CCC3(CCNC(=O)C3)CC2)ccc1N. The van der Waals surface area contributed by atoms with Crippen molar-refractivity contribution in [2.75, 3.05) is 37.4 Å². The Balaban J connectivity index is 1.69. The van der Waals surface area contributed by atoms with Crippen LogP contribution in [-0.2, 0) is 4.79 Å². The van der Waals surface area contributed by atoms with Gasteiger partial charge in [0.05, 0.1) is 12.8 Å². The minimum atomic E-state index is 0.212. The number of anilines is 2. The van der Waals surface area contributed by atoms with E-state index in [4.69, 9.17) is 10.5 Å². The predicted molar refractivity (Wildman–Crippen MR) is 83.5 cm³/mol. The minimum Gasteiger partial charge on any atom is -0.495 e. The molecule has 0 aromatic heterocycles. The first-order valence-electron chi connectivity index (χ1n) is 7.57. The third-order valence-electron chi connectivity index (χ3n) is 4.92. The summed E-state index contributed by atoms with van der Waals surface area (Å²) >= 11 is 0. The first-order valence-corrected chi connectivity index (χ1v) is 7.57. The number of nitrogen functional groups attached to an aromatic ring is 1. The van der Waals surface area contributed by atoms with E-state index in [-0.39, 0.29) is 11.3 Å².